The molecule has 0 aliphatic rings. The van der Waals surface area contributed by atoms with Gasteiger partial charge in [-0.1, -0.05) is 12.1 Å². The Morgan fingerprint density at radius 2 is 1.70 bits per heavy atom. The zero-order valence-electron chi connectivity index (χ0n) is 15.3. The number of hydrogen-bond acceptors (Lipinski definition) is 6. The lowest BCUT2D eigenvalue weighted by Crippen LogP contribution is -2.23. The minimum absolute atomic E-state index is 0.00374. The van der Waals surface area contributed by atoms with E-state index in [-0.39, 0.29) is 21.8 Å². The number of anilines is 2. The van der Waals surface area contributed by atoms with Gasteiger partial charge in [0.05, 0.1) is 21.2 Å². The number of benzene rings is 2. The maximum absolute atomic E-state index is 12.6. The van der Waals surface area contributed by atoms with Crippen molar-refractivity contribution in [2.45, 2.75) is 4.90 Å². The average Bonchev–Trinajstić information content (AvgIpc) is 2.61. The molecule has 0 fully saturated rings. The Morgan fingerprint density at radius 1 is 1.07 bits per heavy atom. The first kappa shape index (κ1) is 20.3. The zero-order chi connectivity index (χ0) is 20.4. The number of carbonyl (C=O) groups is 1. The fraction of sp³-hybridized carbons (Fsp3) is 0.235. The van der Waals surface area contributed by atoms with Crippen LogP contribution < -0.4 is 10.2 Å². The van der Waals surface area contributed by atoms with Gasteiger partial charge in [0.15, 0.2) is 0 Å². The molecule has 0 heterocycles. The maximum atomic E-state index is 12.6. The van der Waals surface area contributed by atoms with Crippen molar-refractivity contribution in [3.63, 3.8) is 0 Å². The van der Waals surface area contributed by atoms with Gasteiger partial charge in [-0.15, -0.1) is 0 Å². The van der Waals surface area contributed by atoms with Crippen LogP contribution in [0.1, 0.15) is 10.4 Å². The Labute approximate surface area is 157 Å². The average molecular weight is 392 g/mol. The molecule has 0 spiro atoms. The van der Waals surface area contributed by atoms with Crippen LogP contribution in [0.25, 0.3) is 0 Å². The molecule has 10 heteroatoms. The van der Waals surface area contributed by atoms with Crippen molar-refractivity contribution >= 4 is 33.0 Å². The Kier molecular flexibility index (Phi) is 5.82. The van der Waals surface area contributed by atoms with Gasteiger partial charge >= 0.3 is 0 Å². The van der Waals surface area contributed by atoms with Crippen molar-refractivity contribution in [3.05, 3.63) is 58.1 Å². The fourth-order valence-corrected chi connectivity index (χ4v) is 3.32. The van der Waals surface area contributed by atoms with Crippen molar-refractivity contribution in [3.8, 4) is 0 Å². The molecule has 144 valence electrons. The SMILES string of the molecule is CN(C)c1ccc(S(=O)(=O)N(C)C)cc1NC(=O)c1ccccc1[N+](=O)[O-]. The van der Waals surface area contributed by atoms with Gasteiger partial charge in [0.2, 0.25) is 10.0 Å². The summed E-state index contributed by atoms with van der Waals surface area (Å²) in [5.74, 6) is -0.704. The van der Waals surface area contributed by atoms with Gasteiger partial charge in [-0.25, -0.2) is 12.7 Å². The van der Waals surface area contributed by atoms with E-state index < -0.39 is 20.9 Å². The molecule has 0 radical (unpaired) electrons. The Balaban J connectivity index is 2.51. The quantitative estimate of drug-likeness (QED) is 0.595. The van der Waals surface area contributed by atoms with Gasteiger partial charge < -0.3 is 10.2 Å². The molecule has 0 atom stereocenters. The lowest BCUT2D eigenvalue weighted by Gasteiger charge is -2.20. The van der Waals surface area contributed by atoms with E-state index in [2.05, 4.69) is 5.32 Å². The van der Waals surface area contributed by atoms with Crippen LogP contribution in [0.2, 0.25) is 0 Å². The van der Waals surface area contributed by atoms with Crippen molar-refractivity contribution in [2.75, 3.05) is 38.4 Å². The first-order valence-corrected chi connectivity index (χ1v) is 9.28. The summed E-state index contributed by atoms with van der Waals surface area (Å²) in [6, 6.07) is 9.87. The summed E-state index contributed by atoms with van der Waals surface area (Å²) >= 11 is 0. The first-order valence-electron chi connectivity index (χ1n) is 7.84. The van der Waals surface area contributed by atoms with E-state index in [9.17, 15) is 23.3 Å². The van der Waals surface area contributed by atoms with Gasteiger partial charge in [0.1, 0.15) is 5.56 Å². The van der Waals surface area contributed by atoms with Gasteiger partial charge in [-0.2, -0.15) is 0 Å². The molecule has 0 unspecified atom stereocenters. The van der Waals surface area contributed by atoms with Crippen LogP contribution in [0.15, 0.2) is 47.4 Å². The highest BCUT2D eigenvalue weighted by molar-refractivity contribution is 7.89. The molecular weight excluding hydrogens is 372 g/mol. The lowest BCUT2D eigenvalue weighted by molar-refractivity contribution is -0.385. The second kappa shape index (κ2) is 7.72. The fourth-order valence-electron chi connectivity index (χ4n) is 2.39. The van der Waals surface area contributed by atoms with E-state index in [0.29, 0.717) is 5.69 Å². The van der Waals surface area contributed by atoms with E-state index in [1.165, 1.54) is 50.5 Å². The standard InChI is InChI=1S/C17H20N4O5S/c1-19(2)16-10-9-12(27(25,26)20(3)4)11-14(16)18-17(22)13-7-5-6-8-15(13)21(23)24/h5-11H,1-4H3,(H,18,22). The molecule has 0 aromatic heterocycles. The van der Waals surface area contributed by atoms with Gasteiger partial charge in [0, 0.05) is 34.3 Å². The highest BCUT2D eigenvalue weighted by atomic mass is 32.2. The normalized spacial score (nSPS) is 11.3. The smallest absolute Gasteiger partial charge is 0.282 e. The number of hydrogen-bond donors (Lipinski definition) is 1. The second-order valence-electron chi connectivity index (χ2n) is 6.09. The van der Waals surface area contributed by atoms with Crippen LogP contribution in [0.4, 0.5) is 17.1 Å². The number of nitrogens with zero attached hydrogens (tertiary/aromatic N) is 3. The molecular formula is C17H20N4O5S. The molecule has 2 aromatic rings. The summed E-state index contributed by atoms with van der Waals surface area (Å²) in [5, 5.41) is 13.7. The predicted octanol–water partition coefficient (Wildman–Crippen LogP) is 2.16. The third-order valence-corrected chi connectivity index (χ3v) is 5.63. The number of nitro benzene ring substituents is 1. The lowest BCUT2D eigenvalue weighted by atomic mass is 10.1. The van der Waals surface area contributed by atoms with Crippen LogP contribution in [0.3, 0.4) is 0 Å². The summed E-state index contributed by atoms with van der Waals surface area (Å²) in [6.07, 6.45) is 0. The zero-order valence-corrected chi connectivity index (χ0v) is 16.1. The minimum Gasteiger partial charge on any atom is -0.376 e. The van der Waals surface area contributed by atoms with E-state index >= 15 is 0 Å². The molecule has 1 N–H and O–H groups in total. The molecule has 0 aliphatic carbocycles. The van der Waals surface area contributed by atoms with E-state index in [1.807, 2.05) is 0 Å². The van der Waals surface area contributed by atoms with Crippen molar-refractivity contribution in [1.29, 1.82) is 0 Å². The third kappa shape index (κ3) is 4.23. The highest BCUT2D eigenvalue weighted by Crippen LogP contribution is 2.30. The number of nitro groups is 1. The Morgan fingerprint density at radius 3 is 2.26 bits per heavy atom. The predicted molar refractivity (Wildman–Crippen MR) is 103 cm³/mol. The molecule has 0 aliphatic heterocycles. The summed E-state index contributed by atoms with van der Waals surface area (Å²) in [6.45, 7) is 0. The van der Waals surface area contributed by atoms with Crippen molar-refractivity contribution < 1.29 is 18.1 Å². The van der Waals surface area contributed by atoms with Crippen LogP contribution in [0, 0.1) is 10.1 Å². The molecule has 0 saturated carbocycles. The first-order chi connectivity index (χ1) is 12.6. The third-order valence-electron chi connectivity index (χ3n) is 3.82. The molecule has 1 amide bonds. The molecule has 0 saturated heterocycles. The van der Waals surface area contributed by atoms with Gasteiger partial charge in [-0.05, 0) is 24.3 Å². The Bertz CT molecular complexity index is 987. The molecule has 27 heavy (non-hydrogen) atoms. The summed E-state index contributed by atoms with van der Waals surface area (Å²) in [4.78, 5) is 24.8. The number of amides is 1. The van der Waals surface area contributed by atoms with E-state index in [4.69, 9.17) is 0 Å². The number of nitrogens with one attached hydrogen (secondary N) is 1. The van der Waals surface area contributed by atoms with Crippen LogP contribution in [-0.4, -0.2) is 51.7 Å². The van der Waals surface area contributed by atoms with Crippen molar-refractivity contribution in [1.82, 2.24) is 4.31 Å². The summed E-state index contributed by atoms with van der Waals surface area (Å²) < 4.78 is 25.8. The van der Waals surface area contributed by atoms with Crippen molar-refractivity contribution in [2.24, 2.45) is 0 Å². The minimum atomic E-state index is -3.71. The monoisotopic (exact) mass is 392 g/mol. The van der Waals surface area contributed by atoms with Crippen LogP contribution in [-0.2, 0) is 10.0 Å². The van der Waals surface area contributed by atoms with E-state index in [0.717, 1.165) is 4.31 Å². The number of sulfonamides is 1. The summed E-state index contributed by atoms with van der Waals surface area (Å²) in [7, 11) is 2.56. The number of rotatable bonds is 6. The number of carbonyl (C=O) groups excluding carboxylic acids is 1. The maximum Gasteiger partial charge on any atom is 0.282 e. The van der Waals surface area contributed by atoms with Crippen LogP contribution in [0.5, 0.6) is 0 Å². The highest BCUT2D eigenvalue weighted by Gasteiger charge is 2.23. The molecule has 2 rings (SSSR count). The largest absolute Gasteiger partial charge is 0.376 e. The summed E-state index contributed by atoms with van der Waals surface area (Å²) in [5.41, 5.74) is 0.331. The van der Waals surface area contributed by atoms with Gasteiger partial charge in [0.25, 0.3) is 11.6 Å². The topological polar surface area (TPSA) is 113 Å². The number of para-hydroxylation sites is 1. The molecule has 0 bridgehead atoms. The second-order valence-corrected chi connectivity index (χ2v) is 8.24. The Hall–Kier alpha value is -2.98. The van der Waals surface area contributed by atoms with Gasteiger partial charge in [-0.3, -0.25) is 14.9 Å². The van der Waals surface area contributed by atoms with E-state index in [1.54, 1.807) is 25.1 Å². The van der Waals surface area contributed by atoms with Crippen LogP contribution >= 0.6 is 0 Å². The molecule has 9 nitrogen and oxygen atoms in total. The molecule has 2 aromatic carbocycles.